The van der Waals surface area contributed by atoms with Crippen LogP contribution in [-0.2, 0) is 9.63 Å². The van der Waals surface area contributed by atoms with Gasteiger partial charge < -0.3 is 15.5 Å². The molecule has 2 amide bonds. The Kier molecular flexibility index (Phi) is 5.86. The smallest absolute Gasteiger partial charge is 0.268 e. The van der Waals surface area contributed by atoms with Crippen molar-refractivity contribution in [2.24, 2.45) is 11.1 Å². The molecule has 2 aromatic carbocycles. The van der Waals surface area contributed by atoms with Crippen molar-refractivity contribution in [2.45, 2.75) is 26.4 Å². The van der Waals surface area contributed by atoms with E-state index in [1.807, 2.05) is 44.2 Å². The number of carbonyl (C=O) groups excluding carboxylic acids is 2. The van der Waals surface area contributed by atoms with E-state index in [0.29, 0.717) is 30.1 Å². The second kappa shape index (κ2) is 8.49. The summed E-state index contributed by atoms with van der Waals surface area (Å²) in [6, 6.07) is 16.5. The largest absolute Gasteiger partial charge is 0.382 e. The molecular weight excluding hydrogens is 342 g/mol. The van der Waals surface area contributed by atoms with Gasteiger partial charge in [0.25, 0.3) is 11.8 Å². The van der Waals surface area contributed by atoms with Gasteiger partial charge in [-0.05, 0) is 23.6 Å². The van der Waals surface area contributed by atoms with Crippen molar-refractivity contribution < 1.29 is 14.4 Å². The van der Waals surface area contributed by atoms with E-state index in [1.54, 1.807) is 24.3 Å². The number of oxime groups is 1. The first-order valence-corrected chi connectivity index (χ1v) is 9.01. The van der Waals surface area contributed by atoms with Gasteiger partial charge in [0.05, 0.1) is 17.0 Å². The molecule has 3 rings (SSSR count). The average molecular weight is 365 g/mol. The molecule has 0 aromatic heterocycles. The summed E-state index contributed by atoms with van der Waals surface area (Å²) >= 11 is 0. The van der Waals surface area contributed by atoms with Crippen LogP contribution in [0.15, 0.2) is 59.8 Å². The van der Waals surface area contributed by atoms with E-state index in [4.69, 9.17) is 4.84 Å². The Hall–Kier alpha value is -3.15. The summed E-state index contributed by atoms with van der Waals surface area (Å²) in [5, 5.41) is 9.69. The fourth-order valence-corrected chi connectivity index (χ4v) is 2.71. The summed E-state index contributed by atoms with van der Waals surface area (Å²) in [7, 11) is 0. The summed E-state index contributed by atoms with van der Waals surface area (Å²) in [6.45, 7) is 4.62. The van der Waals surface area contributed by atoms with Gasteiger partial charge in [0.1, 0.15) is 0 Å². The quantitative estimate of drug-likeness (QED) is 0.825. The number of para-hydroxylation sites is 1. The van der Waals surface area contributed by atoms with Gasteiger partial charge in [-0.3, -0.25) is 9.59 Å². The first-order valence-electron chi connectivity index (χ1n) is 9.01. The first kappa shape index (κ1) is 18.6. The maximum absolute atomic E-state index is 12.6. The van der Waals surface area contributed by atoms with Crippen LogP contribution in [0, 0.1) is 5.92 Å². The van der Waals surface area contributed by atoms with E-state index in [0.717, 1.165) is 11.3 Å². The molecule has 6 nitrogen and oxygen atoms in total. The van der Waals surface area contributed by atoms with Gasteiger partial charge in [0, 0.05) is 13.0 Å². The van der Waals surface area contributed by atoms with Gasteiger partial charge in [0.2, 0.25) is 6.10 Å². The number of nitrogens with one attached hydrogen (secondary N) is 2. The van der Waals surface area contributed by atoms with Gasteiger partial charge in [0.15, 0.2) is 0 Å². The minimum atomic E-state index is -0.716. The van der Waals surface area contributed by atoms with E-state index < -0.39 is 6.10 Å². The molecule has 0 radical (unpaired) electrons. The van der Waals surface area contributed by atoms with Crippen molar-refractivity contribution in [1.29, 1.82) is 0 Å². The third kappa shape index (κ3) is 4.73. The molecule has 0 saturated carbocycles. The molecule has 1 atom stereocenters. The lowest BCUT2D eigenvalue weighted by Gasteiger charge is -2.14. The highest BCUT2D eigenvalue weighted by molar-refractivity contribution is 6.08. The van der Waals surface area contributed by atoms with Crippen LogP contribution in [0.2, 0.25) is 0 Å². The Morgan fingerprint density at radius 2 is 1.81 bits per heavy atom. The maximum Gasteiger partial charge on any atom is 0.268 e. The number of hydrogen-bond acceptors (Lipinski definition) is 4. The second-order valence-electron chi connectivity index (χ2n) is 6.84. The predicted molar refractivity (Wildman–Crippen MR) is 105 cm³/mol. The lowest BCUT2D eigenvalue weighted by Crippen LogP contribution is -2.31. The summed E-state index contributed by atoms with van der Waals surface area (Å²) in [5.41, 5.74) is 2.55. The van der Waals surface area contributed by atoms with Crippen LogP contribution < -0.4 is 10.6 Å². The average Bonchev–Trinajstić information content (AvgIpc) is 3.17. The van der Waals surface area contributed by atoms with Crippen molar-refractivity contribution in [3.05, 3.63) is 65.7 Å². The molecule has 0 saturated heterocycles. The van der Waals surface area contributed by atoms with Crippen molar-refractivity contribution in [2.75, 3.05) is 11.9 Å². The predicted octanol–water partition coefficient (Wildman–Crippen LogP) is 3.20. The monoisotopic (exact) mass is 365 g/mol. The normalized spacial score (nSPS) is 15.8. The van der Waals surface area contributed by atoms with Crippen LogP contribution in [0.1, 0.15) is 36.2 Å². The molecule has 0 fully saturated rings. The van der Waals surface area contributed by atoms with E-state index in [-0.39, 0.29) is 11.8 Å². The summed E-state index contributed by atoms with van der Waals surface area (Å²) < 4.78 is 0. The molecule has 0 spiro atoms. The third-order valence-electron chi connectivity index (χ3n) is 4.17. The molecule has 1 unspecified atom stereocenters. The summed E-state index contributed by atoms with van der Waals surface area (Å²) in [6.07, 6.45) is -0.329. The van der Waals surface area contributed by atoms with Gasteiger partial charge in [-0.2, -0.15) is 0 Å². The van der Waals surface area contributed by atoms with Crippen LogP contribution in [0.4, 0.5) is 5.69 Å². The second-order valence-corrected chi connectivity index (χ2v) is 6.84. The molecular formula is C21H23N3O3. The highest BCUT2D eigenvalue weighted by Crippen LogP contribution is 2.20. The molecule has 140 valence electrons. The van der Waals surface area contributed by atoms with E-state index in [9.17, 15) is 9.59 Å². The zero-order valence-corrected chi connectivity index (χ0v) is 15.4. The van der Waals surface area contributed by atoms with Crippen molar-refractivity contribution in [1.82, 2.24) is 5.32 Å². The lowest BCUT2D eigenvalue weighted by atomic mass is 10.0. The molecule has 2 N–H and O–H groups in total. The molecule has 27 heavy (non-hydrogen) atoms. The lowest BCUT2D eigenvalue weighted by molar-refractivity contribution is -0.125. The first-order chi connectivity index (χ1) is 13.0. The molecule has 1 aliphatic heterocycles. The van der Waals surface area contributed by atoms with E-state index in [2.05, 4.69) is 15.8 Å². The van der Waals surface area contributed by atoms with E-state index >= 15 is 0 Å². The fourth-order valence-electron chi connectivity index (χ4n) is 2.71. The van der Waals surface area contributed by atoms with Gasteiger partial charge in [-0.1, -0.05) is 61.5 Å². The van der Waals surface area contributed by atoms with Crippen LogP contribution in [-0.4, -0.2) is 30.2 Å². The summed E-state index contributed by atoms with van der Waals surface area (Å²) in [5.74, 6) is -0.196. The van der Waals surface area contributed by atoms with Gasteiger partial charge in [-0.15, -0.1) is 0 Å². The molecule has 0 aliphatic carbocycles. The van der Waals surface area contributed by atoms with Crippen LogP contribution >= 0.6 is 0 Å². The topological polar surface area (TPSA) is 79.8 Å². The van der Waals surface area contributed by atoms with Crippen LogP contribution in [0.25, 0.3) is 0 Å². The number of amides is 2. The Bertz CT molecular complexity index is 847. The SMILES string of the molecule is CC(C)CNC(=O)c1ccccc1NC(=O)C1CC(c2ccccc2)=NO1. The number of carbonyl (C=O) groups is 2. The minimum absolute atomic E-state index is 0.215. The van der Waals surface area contributed by atoms with Crippen LogP contribution in [0.3, 0.4) is 0 Å². The molecule has 1 heterocycles. The zero-order valence-electron chi connectivity index (χ0n) is 15.4. The Labute approximate surface area is 158 Å². The van der Waals surface area contributed by atoms with Gasteiger partial charge >= 0.3 is 0 Å². The number of hydrogen-bond donors (Lipinski definition) is 2. The Balaban J connectivity index is 1.65. The molecule has 2 aromatic rings. The van der Waals surface area contributed by atoms with Crippen LogP contribution in [0.5, 0.6) is 0 Å². The zero-order chi connectivity index (χ0) is 19.2. The van der Waals surface area contributed by atoms with Crippen molar-refractivity contribution in [3.63, 3.8) is 0 Å². The maximum atomic E-state index is 12.6. The Morgan fingerprint density at radius 1 is 1.11 bits per heavy atom. The fraction of sp³-hybridized carbons (Fsp3) is 0.286. The Morgan fingerprint density at radius 3 is 2.56 bits per heavy atom. The standard InChI is InChI=1S/C21H23N3O3/c1-14(2)13-22-20(25)16-10-6-7-11-17(16)23-21(26)19-12-18(24-27-19)15-8-4-3-5-9-15/h3-11,14,19H,12-13H2,1-2H3,(H,22,25)(H,23,26). The molecule has 6 heteroatoms. The number of nitrogens with zero attached hydrogens (tertiary/aromatic N) is 1. The third-order valence-corrected chi connectivity index (χ3v) is 4.17. The van der Waals surface area contributed by atoms with E-state index in [1.165, 1.54) is 0 Å². The van der Waals surface area contributed by atoms with Gasteiger partial charge in [-0.25, -0.2) is 0 Å². The van der Waals surface area contributed by atoms with Crippen molar-refractivity contribution in [3.8, 4) is 0 Å². The molecule has 0 bridgehead atoms. The molecule has 1 aliphatic rings. The van der Waals surface area contributed by atoms with Crippen molar-refractivity contribution >= 4 is 23.2 Å². The summed E-state index contributed by atoms with van der Waals surface area (Å²) in [4.78, 5) is 30.3. The number of rotatable bonds is 6. The number of benzene rings is 2. The highest BCUT2D eigenvalue weighted by Gasteiger charge is 2.29. The number of anilines is 1. The minimum Gasteiger partial charge on any atom is -0.382 e. The highest BCUT2D eigenvalue weighted by atomic mass is 16.6.